The summed E-state index contributed by atoms with van der Waals surface area (Å²) < 4.78 is 5.20. The molecule has 0 bridgehead atoms. The highest BCUT2D eigenvalue weighted by Crippen LogP contribution is 2.16. The third-order valence-corrected chi connectivity index (χ3v) is 2.46. The lowest BCUT2D eigenvalue weighted by atomic mass is 10.2. The van der Waals surface area contributed by atoms with Crippen molar-refractivity contribution in [2.24, 2.45) is 7.05 Å². The molecule has 1 aromatic heterocycles. The van der Waals surface area contributed by atoms with E-state index in [-0.39, 0.29) is 5.91 Å². The lowest BCUT2D eigenvalue weighted by Gasteiger charge is -2.08. The predicted molar refractivity (Wildman–Crippen MR) is 65.2 cm³/mol. The number of methoxy groups -OCH3 is 1. The van der Waals surface area contributed by atoms with E-state index in [1.165, 1.54) is 11.0 Å². The fourth-order valence-corrected chi connectivity index (χ4v) is 1.56. The van der Waals surface area contributed by atoms with Gasteiger partial charge in [-0.2, -0.15) is 9.90 Å². The Labute approximate surface area is 105 Å². The summed E-state index contributed by atoms with van der Waals surface area (Å²) >= 11 is 0. The zero-order valence-electron chi connectivity index (χ0n) is 10.3. The Balaban J connectivity index is 2.01. The molecule has 6 heteroatoms. The molecular weight excluding hydrogens is 232 g/mol. The van der Waals surface area contributed by atoms with Crippen molar-refractivity contribution < 1.29 is 9.53 Å². The molecule has 94 valence electrons. The molecule has 0 saturated carbocycles. The Kier molecular flexibility index (Phi) is 3.57. The van der Waals surface area contributed by atoms with E-state index in [9.17, 15) is 4.79 Å². The number of hydrogen-bond acceptors (Lipinski definition) is 4. The van der Waals surface area contributed by atoms with Crippen molar-refractivity contribution in [3.8, 4) is 5.75 Å². The van der Waals surface area contributed by atoms with Crippen LogP contribution in [0.2, 0.25) is 0 Å². The van der Waals surface area contributed by atoms with E-state index < -0.39 is 0 Å². The Bertz CT molecular complexity index is 551. The number of amides is 1. The number of rotatable bonds is 4. The SMILES string of the molecule is COc1ccccc1CNC(=O)c1cnn(C)n1. The number of nitrogens with zero attached hydrogens (tertiary/aromatic N) is 3. The number of para-hydroxylation sites is 1. The van der Waals surface area contributed by atoms with Gasteiger partial charge in [0.15, 0.2) is 5.69 Å². The van der Waals surface area contributed by atoms with Crippen molar-refractivity contribution in [1.82, 2.24) is 20.3 Å². The second-order valence-electron chi connectivity index (χ2n) is 3.71. The van der Waals surface area contributed by atoms with Crippen LogP contribution in [0.25, 0.3) is 0 Å². The summed E-state index contributed by atoms with van der Waals surface area (Å²) in [5.74, 6) is 0.492. The molecule has 0 aliphatic carbocycles. The van der Waals surface area contributed by atoms with Gasteiger partial charge in [0.25, 0.3) is 5.91 Å². The highest BCUT2D eigenvalue weighted by molar-refractivity contribution is 5.91. The van der Waals surface area contributed by atoms with E-state index in [4.69, 9.17) is 4.74 Å². The quantitative estimate of drug-likeness (QED) is 0.864. The van der Waals surface area contributed by atoms with Crippen molar-refractivity contribution in [1.29, 1.82) is 0 Å². The minimum atomic E-state index is -0.256. The Morgan fingerprint density at radius 3 is 2.89 bits per heavy atom. The minimum absolute atomic E-state index is 0.256. The van der Waals surface area contributed by atoms with E-state index in [1.54, 1.807) is 14.2 Å². The number of ether oxygens (including phenoxy) is 1. The molecule has 2 aromatic rings. The van der Waals surface area contributed by atoms with Crippen molar-refractivity contribution >= 4 is 5.91 Å². The van der Waals surface area contributed by atoms with E-state index in [0.29, 0.717) is 12.2 Å². The summed E-state index contributed by atoms with van der Waals surface area (Å²) in [6, 6.07) is 7.53. The van der Waals surface area contributed by atoms with Gasteiger partial charge in [-0.25, -0.2) is 0 Å². The molecule has 1 N–H and O–H groups in total. The normalized spacial score (nSPS) is 10.1. The van der Waals surface area contributed by atoms with E-state index in [1.807, 2.05) is 24.3 Å². The number of aromatic nitrogens is 3. The van der Waals surface area contributed by atoms with E-state index >= 15 is 0 Å². The van der Waals surface area contributed by atoms with Crippen LogP contribution >= 0.6 is 0 Å². The topological polar surface area (TPSA) is 69.0 Å². The maximum Gasteiger partial charge on any atom is 0.273 e. The van der Waals surface area contributed by atoms with Crippen LogP contribution in [0, 0.1) is 0 Å². The first-order valence-corrected chi connectivity index (χ1v) is 5.47. The van der Waals surface area contributed by atoms with Gasteiger partial charge in [-0.15, -0.1) is 5.10 Å². The van der Waals surface area contributed by atoms with E-state index in [0.717, 1.165) is 11.3 Å². The molecule has 1 amide bonds. The van der Waals surface area contributed by atoms with Gasteiger partial charge in [0.2, 0.25) is 0 Å². The number of hydrogen-bond donors (Lipinski definition) is 1. The summed E-state index contributed by atoms with van der Waals surface area (Å²) in [6.45, 7) is 0.388. The van der Waals surface area contributed by atoms with E-state index in [2.05, 4.69) is 15.5 Å². The number of aryl methyl sites for hydroxylation is 1. The van der Waals surface area contributed by atoms with Crippen molar-refractivity contribution in [3.63, 3.8) is 0 Å². The fourth-order valence-electron chi connectivity index (χ4n) is 1.56. The van der Waals surface area contributed by atoms with Crippen LogP contribution in [0.15, 0.2) is 30.5 Å². The molecule has 0 unspecified atom stereocenters. The molecule has 0 aliphatic heterocycles. The largest absolute Gasteiger partial charge is 0.496 e. The van der Waals surface area contributed by atoms with Crippen molar-refractivity contribution in [2.45, 2.75) is 6.54 Å². The number of carbonyl (C=O) groups excluding carboxylic acids is 1. The second-order valence-corrected chi connectivity index (χ2v) is 3.71. The molecule has 0 saturated heterocycles. The molecule has 0 atom stereocenters. The van der Waals surface area contributed by atoms with Crippen LogP contribution in [-0.4, -0.2) is 28.0 Å². The van der Waals surface area contributed by atoms with Gasteiger partial charge >= 0.3 is 0 Å². The summed E-state index contributed by atoms with van der Waals surface area (Å²) in [5, 5.41) is 10.5. The standard InChI is InChI=1S/C12H14N4O2/c1-16-14-8-10(15-16)12(17)13-7-9-5-3-4-6-11(9)18-2/h3-6,8H,7H2,1-2H3,(H,13,17). The van der Waals surface area contributed by atoms with Gasteiger partial charge in [-0.3, -0.25) is 4.79 Å². The third-order valence-electron chi connectivity index (χ3n) is 2.46. The van der Waals surface area contributed by atoms with Crippen LogP contribution in [-0.2, 0) is 13.6 Å². The van der Waals surface area contributed by atoms with Gasteiger partial charge in [-0.05, 0) is 6.07 Å². The van der Waals surface area contributed by atoms with Gasteiger partial charge in [0, 0.05) is 19.2 Å². The molecule has 0 radical (unpaired) electrons. The maximum absolute atomic E-state index is 11.8. The number of benzene rings is 1. The van der Waals surface area contributed by atoms with Gasteiger partial charge < -0.3 is 10.1 Å². The number of nitrogens with one attached hydrogen (secondary N) is 1. The average molecular weight is 246 g/mol. The molecule has 0 fully saturated rings. The van der Waals surface area contributed by atoms with Crippen LogP contribution in [0.5, 0.6) is 5.75 Å². The predicted octanol–water partition coefficient (Wildman–Crippen LogP) is 0.754. The zero-order valence-corrected chi connectivity index (χ0v) is 10.3. The van der Waals surface area contributed by atoms with Crippen LogP contribution in [0.3, 0.4) is 0 Å². The fraction of sp³-hybridized carbons (Fsp3) is 0.250. The minimum Gasteiger partial charge on any atom is -0.496 e. The lowest BCUT2D eigenvalue weighted by molar-refractivity contribution is 0.0945. The summed E-state index contributed by atoms with van der Waals surface area (Å²) in [7, 11) is 3.26. The number of carbonyl (C=O) groups is 1. The Morgan fingerprint density at radius 1 is 1.44 bits per heavy atom. The summed E-state index contributed by atoms with van der Waals surface area (Å²) in [4.78, 5) is 13.1. The highest BCUT2D eigenvalue weighted by atomic mass is 16.5. The van der Waals surface area contributed by atoms with Crippen LogP contribution < -0.4 is 10.1 Å². The van der Waals surface area contributed by atoms with Crippen LogP contribution in [0.4, 0.5) is 0 Å². The van der Waals surface area contributed by atoms with Crippen molar-refractivity contribution in [2.75, 3.05) is 7.11 Å². The molecule has 2 rings (SSSR count). The van der Waals surface area contributed by atoms with Gasteiger partial charge in [0.1, 0.15) is 5.75 Å². The summed E-state index contributed by atoms with van der Waals surface area (Å²) in [6.07, 6.45) is 1.43. The zero-order chi connectivity index (χ0) is 13.0. The Hall–Kier alpha value is -2.37. The third kappa shape index (κ3) is 2.65. The van der Waals surface area contributed by atoms with Gasteiger partial charge in [-0.1, -0.05) is 18.2 Å². The van der Waals surface area contributed by atoms with Crippen molar-refractivity contribution in [3.05, 3.63) is 41.7 Å². The lowest BCUT2D eigenvalue weighted by Crippen LogP contribution is -2.23. The monoisotopic (exact) mass is 246 g/mol. The highest BCUT2D eigenvalue weighted by Gasteiger charge is 2.10. The molecule has 0 aliphatic rings. The van der Waals surface area contributed by atoms with Gasteiger partial charge in [0.05, 0.1) is 13.3 Å². The molecule has 6 nitrogen and oxygen atoms in total. The summed E-state index contributed by atoms with van der Waals surface area (Å²) in [5.41, 5.74) is 1.21. The molecule has 0 spiro atoms. The molecule has 18 heavy (non-hydrogen) atoms. The Morgan fingerprint density at radius 2 is 2.22 bits per heavy atom. The first-order valence-electron chi connectivity index (χ1n) is 5.47. The molecule has 1 aromatic carbocycles. The first kappa shape index (κ1) is 12.1. The van der Waals surface area contributed by atoms with Crippen LogP contribution in [0.1, 0.15) is 16.1 Å². The molecule has 1 heterocycles. The maximum atomic E-state index is 11.8. The first-order chi connectivity index (χ1) is 8.70. The second kappa shape index (κ2) is 5.31. The molecular formula is C12H14N4O2. The smallest absolute Gasteiger partial charge is 0.273 e. The average Bonchev–Trinajstić information content (AvgIpc) is 2.83.